The van der Waals surface area contributed by atoms with Gasteiger partial charge in [0.2, 0.25) is 0 Å². The zero-order chi connectivity index (χ0) is 12.3. The first kappa shape index (κ1) is 12.3. The molecular formula is C15H24N2. The van der Waals surface area contributed by atoms with Crippen LogP contribution in [0.3, 0.4) is 0 Å². The minimum absolute atomic E-state index is 0.755. The minimum atomic E-state index is 0.755. The van der Waals surface area contributed by atoms with Crippen molar-refractivity contribution in [2.45, 2.75) is 39.5 Å². The van der Waals surface area contributed by atoms with E-state index in [1.807, 2.05) is 6.07 Å². The van der Waals surface area contributed by atoms with Crippen molar-refractivity contribution in [2.24, 2.45) is 5.92 Å². The van der Waals surface area contributed by atoms with Crippen LogP contribution >= 0.6 is 0 Å². The maximum absolute atomic E-state index is 6.14. The van der Waals surface area contributed by atoms with E-state index in [1.54, 1.807) is 0 Å². The van der Waals surface area contributed by atoms with Gasteiger partial charge in [0.15, 0.2) is 0 Å². The van der Waals surface area contributed by atoms with Gasteiger partial charge in [-0.1, -0.05) is 32.4 Å². The molecule has 1 heterocycles. The van der Waals surface area contributed by atoms with Crippen molar-refractivity contribution in [3.05, 3.63) is 23.8 Å². The van der Waals surface area contributed by atoms with Crippen molar-refractivity contribution < 1.29 is 0 Å². The fourth-order valence-corrected chi connectivity index (χ4v) is 2.91. The number of nitrogens with two attached hydrogens (primary N) is 1. The first-order valence-electron chi connectivity index (χ1n) is 6.84. The lowest BCUT2D eigenvalue weighted by Gasteiger charge is -2.34. The van der Waals surface area contributed by atoms with Gasteiger partial charge in [-0.25, -0.2) is 0 Å². The third kappa shape index (κ3) is 2.74. The maximum atomic E-state index is 6.14. The summed E-state index contributed by atoms with van der Waals surface area (Å²) in [4.78, 5) is 2.49. The summed E-state index contributed by atoms with van der Waals surface area (Å²) in [7, 11) is 0. The summed E-state index contributed by atoms with van der Waals surface area (Å²) in [6, 6.07) is 6.33. The molecule has 1 unspecified atom stereocenters. The molecule has 1 aromatic carbocycles. The Hall–Kier alpha value is -1.18. The number of para-hydroxylation sites is 1. The molecular weight excluding hydrogens is 208 g/mol. The number of fused-ring (bicyclic) bond motifs is 1. The fourth-order valence-electron chi connectivity index (χ4n) is 2.91. The molecule has 0 saturated heterocycles. The average molecular weight is 232 g/mol. The van der Waals surface area contributed by atoms with E-state index in [0.717, 1.165) is 24.7 Å². The van der Waals surface area contributed by atoms with E-state index in [1.165, 1.54) is 36.9 Å². The second-order valence-electron chi connectivity index (χ2n) is 5.30. The number of rotatable bonds is 4. The summed E-state index contributed by atoms with van der Waals surface area (Å²) in [6.07, 6.45) is 5.01. The molecule has 2 heteroatoms. The molecule has 0 radical (unpaired) electrons. The van der Waals surface area contributed by atoms with Gasteiger partial charge in [-0.05, 0) is 36.8 Å². The van der Waals surface area contributed by atoms with Crippen LogP contribution in [0.15, 0.2) is 18.2 Å². The Bertz CT molecular complexity index is 373. The first-order chi connectivity index (χ1) is 8.22. The topological polar surface area (TPSA) is 29.3 Å². The van der Waals surface area contributed by atoms with Crippen molar-refractivity contribution in [3.63, 3.8) is 0 Å². The second-order valence-corrected chi connectivity index (χ2v) is 5.30. The highest BCUT2D eigenvalue weighted by atomic mass is 15.1. The van der Waals surface area contributed by atoms with Gasteiger partial charge in [-0.15, -0.1) is 0 Å². The van der Waals surface area contributed by atoms with Gasteiger partial charge in [-0.3, -0.25) is 0 Å². The Kier molecular flexibility index (Phi) is 3.93. The van der Waals surface area contributed by atoms with E-state index in [9.17, 15) is 0 Å². The molecule has 2 N–H and O–H groups in total. The lowest BCUT2D eigenvalue weighted by molar-refractivity contribution is 0.503. The van der Waals surface area contributed by atoms with Crippen LogP contribution in [0.25, 0.3) is 0 Å². The predicted molar refractivity (Wildman–Crippen MR) is 75.5 cm³/mol. The molecule has 94 valence electrons. The lowest BCUT2D eigenvalue weighted by Crippen LogP contribution is -2.34. The SMILES string of the molecule is CCCC(C)CN1CCCc2cccc(N)c21. The third-order valence-electron chi connectivity index (χ3n) is 3.65. The Morgan fingerprint density at radius 2 is 2.24 bits per heavy atom. The molecule has 0 aliphatic carbocycles. The van der Waals surface area contributed by atoms with Crippen LogP contribution in [-0.4, -0.2) is 13.1 Å². The number of hydrogen-bond donors (Lipinski definition) is 1. The molecule has 0 aromatic heterocycles. The Balaban J connectivity index is 2.16. The predicted octanol–water partition coefficient (Wildman–Crippen LogP) is 3.46. The zero-order valence-electron chi connectivity index (χ0n) is 11.1. The molecule has 0 saturated carbocycles. The van der Waals surface area contributed by atoms with Gasteiger partial charge < -0.3 is 10.6 Å². The molecule has 2 nitrogen and oxygen atoms in total. The van der Waals surface area contributed by atoms with Crippen LogP contribution in [-0.2, 0) is 6.42 Å². The highest BCUT2D eigenvalue weighted by Gasteiger charge is 2.20. The number of anilines is 2. The molecule has 0 spiro atoms. The van der Waals surface area contributed by atoms with Crippen molar-refractivity contribution in [1.82, 2.24) is 0 Å². The van der Waals surface area contributed by atoms with Gasteiger partial charge >= 0.3 is 0 Å². The average Bonchev–Trinajstić information content (AvgIpc) is 2.29. The van der Waals surface area contributed by atoms with E-state index in [4.69, 9.17) is 5.73 Å². The smallest absolute Gasteiger partial charge is 0.0632 e. The molecule has 17 heavy (non-hydrogen) atoms. The summed E-state index contributed by atoms with van der Waals surface area (Å²) in [5, 5.41) is 0. The van der Waals surface area contributed by atoms with Crippen molar-refractivity contribution in [1.29, 1.82) is 0 Å². The molecule has 0 amide bonds. The number of benzene rings is 1. The van der Waals surface area contributed by atoms with E-state index >= 15 is 0 Å². The van der Waals surface area contributed by atoms with Crippen LogP contribution in [0.1, 0.15) is 38.7 Å². The van der Waals surface area contributed by atoms with E-state index in [-0.39, 0.29) is 0 Å². The Morgan fingerprint density at radius 1 is 1.41 bits per heavy atom. The summed E-state index contributed by atoms with van der Waals surface area (Å²) in [5.74, 6) is 0.755. The van der Waals surface area contributed by atoms with Crippen LogP contribution in [0.5, 0.6) is 0 Å². The van der Waals surface area contributed by atoms with Crippen LogP contribution < -0.4 is 10.6 Å². The maximum Gasteiger partial charge on any atom is 0.0632 e. The third-order valence-corrected chi connectivity index (χ3v) is 3.65. The lowest BCUT2D eigenvalue weighted by atomic mass is 9.98. The summed E-state index contributed by atoms with van der Waals surface area (Å²) < 4.78 is 0. The number of nitrogens with zero attached hydrogens (tertiary/aromatic N) is 1. The Morgan fingerprint density at radius 3 is 3.00 bits per heavy atom. The van der Waals surface area contributed by atoms with Gasteiger partial charge in [0.1, 0.15) is 0 Å². The largest absolute Gasteiger partial charge is 0.397 e. The van der Waals surface area contributed by atoms with Crippen molar-refractivity contribution in [2.75, 3.05) is 23.7 Å². The van der Waals surface area contributed by atoms with Crippen LogP contribution in [0.4, 0.5) is 11.4 Å². The fraction of sp³-hybridized carbons (Fsp3) is 0.600. The standard InChI is InChI=1S/C15H24N2/c1-3-6-12(2)11-17-10-5-8-13-7-4-9-14(16)15(13)17/h4,7,9,12H,3,5-6,8,10-11,16H2,1-2H3. The van der Waals surface area contributed by atoms with E-state index < -0.39 is 0 Å². The molecule has 1 aliphatic rings. The normalized spacial score (nSPS) is 16.7. The Labute approximate surface area is 105 Å². The van der Waals surface area contributed by atoms with Crippen molar-refractivity contribution >= 4 is 11.4 Å². The number of hydrogen-bond acceptors (Lipinski definition) is 2. The summed E-state index contributed by atoms with van der Waals surface area (Å²) >= 11 is 0. The minimum Gasteiger partial charge on any atom is -0.397 e. The first-order valence-corrected chi connectivity index (χ1v) is 6.84. The number of aryl methyl sites for hydroxylation is 1. The number of nitrogen functional groups attached to an aromatic ring is 1. The van der Waals surface area contributed by atoms with Gasteiger partial charge in [0, 0.05) is 13.1 Å². The van der Waals surface area contributed by atoms with E-state index in [2.05, 4.69) is 30.9 Å². The molecule has 1 aromatic rings. The monoisotopic (exact) mass is 232 g/mol. The zero-order valence-corrected chi connectivity index (χ0v) is 11.1. The highest BCUT2D eigenvalue weighted by Crippen LogP contribution is 2.33. The van der Waals surface area contributed by atoms with Crippen LogP contribution in [0, 0.1) is 5.92 Å². The quantitative estimate of drug-likeness (QED) is 0.806. The molecule has 2 rings (SSSR count). The molecule has 0 bridgehead atoms. The van der Waals surface area contributed by atoms with Gasteiger partial charge in [0.05, 0.1) is 11.4 Å². The molecule has 1 atom stereocenters. The van der Waals surface area contributed by atoms with Gasteiger partial charge in [0.25, 0.3) is 0 Å². The highest BCUT2D eigenvalue weighted by molar-refractivity contribution is 5.72. The van der Waals surface area contributed by atoms with Gasteiger partial charge in [-0.2, -0.15) is 0 Å². The van der Waals surface area contributed by atoms with E-state index in [0.29, 0.717) is 0 Å². The molecule has 0 fully saturated rings. The summed E-state index contributed by atoms with van der Waals surface area (Å²) in [6.45, 7) is 6.91. The molecule has 1 aliphatic heterocycles. The summed E-state index contributed by atoms with van der Waals surface area (Å²) in [5.41, 5.74) is 9.83. The van der Waals surface area contributed by atoms with Crippen molar-refractivity contribution in [3.8, 4) is 0 Å². The second kappa shape index (κ2) is 5.44. The van der Waals surface area contributed by atoms with Crippen LogP contribution in [0.2, 0.25) is 0 Å².